The number of thioether (sulfide) groups is 1. The first kappa shape index (κ1) is 13.7. The Morgan fingerprint density at radius 2 is 1.89 bits per heavy atom. The molecule has 0 N–H and O–H groups in total. The molecular weight excluding hydrogens is 240 g/mol. The fourth-order valence-electron chi connectivity index (χ4n) is 2.95. The van der Waals surface area contributed by atoms with Crippen LogP contribution in [-0.2, 0) is 4.79 Å². The first-order valence-electron chi connectivity index (χ1n) is 6.85. The van der Waals surface area contributed by atoms with E-state index in [1.54, 1.807) is 18.7 Å². The zero-order valence-corrected chi connectivity index (χ0v) is 12.1. The Morgan fingerprint density at radius 3 is 2.39 bits per heavy atom. The summed E-state index contributed by atoms with van der Waals surface area (Å²) in [6.45, 7) is 1.74. The molecule has 0 aliphatic heterocycles. The number of hydrogen-bond acceptors (Lipinski definition) is 2. The molecule has 1 atom stereocenters. The Bertz CT molecular complexity index is 390. The Labute approximate surface area is 114 Å². The predicted molar refractivity (Wildman–Crippen MR) is 78.2 cm³/mol. The lowest BCUT2D eigenvalue weighted by atomic mass is 9.85. The number of Topliss-reactive ketones (excluding diaryl/α,β-unsaturated/α-hetero) is 1. The Morgan fingerprint density at radius 1 is 1.28 bits per heavy atom. The molecule has 1 fully saturated rings. The molecule has 1 aromatic carbocycles. The van der Waals surface area contributed by atoms with Gasteiger partial charge in [-0.25, -0.2) is 0 Å². The van der Waals surface area contributed by atoms with Crippen LogP contribution in [0.25, 0.3) is 0 Å². The van der Waals surface area contributed by atoms with E-state index in [1.807, 2.05) is 0 Å². The number of carbonyl (C=O) groups is 1. The fraction of sp³-hybridized carbons (Fsp3) is 0.562. The largest absolute Gasteiger partial charge is 0.299 e. The van der Waals surface area contributed by atoms with Crippen LogP contribution in [0.5, 0.6) is 0 Å². The van der Waals surface area contributed by atoms with Crippen LogP contribution in [0.4, 0.5) is 0 Å². The van der Waals surface area contributed by atoms with Crippen molar-refractivity contribution in [3.8, 4) is 0 Å². The highest BCUT2D eigenvalue weighted by molar-refractivity contribution is 7.98. The molecule has 0 unspecified atom stereocenters. The molecule has 2 heteroatoms. The molecule has 98 valence electrons. The van der Waals surface area contributed by atoms with Crippen molar-refractivity contribution in [1.29, 1.82) is 0 Å². The van der Waals surface area contributed by atoms with Gasteiger partial charge in [0.1, 0.15) is 5.78 Å². The van der Waals surface area contributed by atoms with Crippen LogP contribution in [0.3, 0.4) is 0 Å². The number of ketones is 1. The summed E-state index contributed by atoms with van der Waals surface area (Å²) in [5.41, 5.74) is 1.20. The van der Waals surface area contributed by atoms with Gasteiger partial charge in [-0.15, -0.1) is 11.8 Å². The van der Waals surface area contributed by atoms with E-state index in [0.29, 0.717) is 5.78 Å². The second-order valence-corrected chi connectivity index (χ2v) is 6.20. The van der Waals surface area contributed by atoms with E-state index in [4.69, 9.17) is 0 Å². The smallest absolute Gasteiger partial charge is 0.137 e. The van der Waals surface area contributed by atoms with E-state index in [-0.39, 0.29) is 5.92 Å². The zero-order chi connectivity index (χ0) is 13.0. The normalized spacial score (nSPS) is 17.9. The summed E-state index contributed by atoms with van der Waals surface area (Å²) in [6, 6.07) is 8.52. The van der Waals surface area contributed by atoms with Crippen molar-refractivity contribution >= 4 is 17.5 Å². The van der Waals surface area contributed by atoms with Gasteiger partial charge in [0.05, 0.1) is 0 Å². The van der Waals surface area contributed by atoms with Crippen LogP contribution >= 0.6 is 11.8 Å². The van der Waals surface area contributed by atoms with Crippen molar-refractivity contribution in [2.45, 2.75) is 49.8 Å². The Hall–Kier alpha value is -0.760. The van der Waals surface area contributed by atoms with Gasteiger partial charge in [-0.05, 0) is 43.2 Å². The third-order valence-corrected chi connectivity index (χ3v) is 4.80. The van der Waals surface area contributed by atoms with Crippen LogP contribution in [0.2, 0.25) is 0 Å². The lowest BCUT2D eigenvalue weighted by Gasteiger charge is -2.18. The lowest BCUT2D eigenvalue weighted by molar-refractivity contribution is -0.118. The summed E-state index contributed by atoms with van der Waals surface area (Å²) in [4.78, 5) is 13.1. The third kappa shape index (κ3) is 3.38. The van der Waals surface area contributed by atoms with Crippen LogP contribution in [0, 0.1) is 5.92 Å². The van der Waals surface area contributed by atoms with E-state index in [0.717, 1.165) is 12.3 Å². The standard InChI is InChI=1S/C16H22OS/c1-12(17)16(11-13-5-3-4-6-13)14-7-9-15(18-2)10-8-14/h7-10,13,16H,3-6,11H2,1-2H3/t16-/m0/s1. The molecule has 1 aliphatic carbocycles. The molecule has 2 rings (SSSR count). The molecule has 1 aromatic rings. The molecule has 0 amide bonds. The minimum atomic E-state index is 0.115. The highest BCUT2D eigenvalue weighted by atomic mass is 32.2. The topological polar surface area (TPSA) is 17.1 Å². The Balaban J connectivity index is 2.10. The van der Waals surface area contributed by atoms with Gasteiger partial charge in [-0.1, -0.05) is 37.8 Å². The second kappa shape index (κ2) is 6.42. The first-order valence-corrected chi connectivity index (χ1v) is 8.07. The molecule has 0 saturated heterocycles. The van der Waals surface area contributed by atoms with Crippen LogP contribution in [0.15, 0.2) is 29.2 Å². The minimum absolute atomic E-state index is 0.115. The van der Waals surface area contributed by atoms with E-state index in [1.165, 1.54) is 36.1 Å². The molecule has 18 heavy (non-hydrogen) atoms. The Kier molecular flexibility index (Phi) is 4.87. The van der Waals surface area contributed by atoms with Gasteiger partial charge in [0.25, 0.3) is 0 Å². The molecular formula is C16H22OS. The van der Waals surface area contributed by atoms with E-state index >= 15 is 0 Å². The summed E-state index contributed by atoms with van der Waals surface area (Å²) >= 11 is 1.75. The third-order valence-electron chi connectivity index (χ3n) is 4.05. The van der Waals surface area contributed by atoms with Gasteiger partial charge in [-0.3, -0.25) is 4.79 Å². The van der Waals surface area contributed by atoms with Crippen molar-refractivity contribution in [3.05, 3.63) is 29.8 Å². The van der Waals surface area contributed by atoms with Gasteiger partial charge in [0.15, 0.2) is 0 Å². The number of carbonyl (C=O) groups excluding carboxylic acids is 1. The van der Waals surface area contributed by atoms with Gasteiger partial charge in [-0.2, -0.15) is 0 Å². The SMILES string of the molecule is CSc1ccc([C@@H](CC2CCCC2)C(C)=O)cc1. The summed E-state index contributed by atoms with van der Waals surface area (Å²) in [5.74, 6) is 1.20. The summed E-state index contributed by atoms with van der Waals surface area (Å²) < 4.78 is 0. The van der Waals surface area contributed by atoms with E-state index < -0.39 is 0 Å². The number of rotatable bonds is 5. The van der Waals surface area contributed by atoms with Crippen molar-refractivity contribution < 1.29 is 4.79 Å². The number of hydrogen-bond donors (Lipinski definition) is 0. The van der Waals surface area contributed by atoms with Crippen molar-refractivity contribution in [1.82, 2.24) is 0 Å². The highest BCUT2D eigenvalue weighted by Crippen LogP contribution is 2.35. The molecule has 0 heterocycles. The van der Waals surface area contributed by atoms with Crippen LogP contribution in [-0.4, -0.2) is 12.0 Å². The minimum Gasteiger partial charge on any atom is -0.299 e. The zero-order valence-electron chi connectivity index (χ0n) is 11.3. The van der Waals surface area contributed by atoms with Crippen molar-refractivity contribution in [2.75, 3.05) is 6.26 Å². The molecule has 1 nitrogen and oxygen atoms in total. The average Bonchev–Trinajstić information content (AvgIpc) is 2.89. The second-order valence-electron chi connectivity index (χ2n) is 5.32. The van der Waals surface area contributed by atoms with Crippen molar-refractivity contribution in [3.63, 3.8) is 0 Å². The lowest BCUT2D eigenvalue weighted by Crippen LogP contribution is -2.12. The highest BCUT2D eigenvalue weighted by Gasteiger charge is 2.24. The van der Waals surface area contributed by atoms with Gasteiger partial charge in [0.2, 0.25) is 0 Å². The maximum absolute atomic E-state index is 11.9. The monoisotopic (exact) mass is 262 g/mol. The molecule has 1 aliphatic rings. The fourth-order valence-corrected chi connectivity index (χ4v) is 3.36. The maximum Gasteiger partial charge on any atom is 0.137 e. The molecule has 1 saturated carbocycles. The molecule has 0 bridgehead atoms. The first-order chi connectivity index (χ1) is 8.70. The van der Waals surface area contributed by atoms with Crippen molar-refractivity contribution in [2.24, 2.45) is 5.92 Å². The van der Waals surface area contributed by atoms with Crippen LogP contribution in [0.1, 0.15) is 50.5 Å². The molecule has 0 aromatic heterocycles. The van der Waals surface area contributed by atoms with Gasteiger partial charge >= 0.3 is 0 Å². The molecule has 0 radical (unpaired) electrons. The number of benzene rings is 1. The average molecular weight is 262 g/mol. The van der Waals surface area contributed by atoms with E-state index in [2.05, 4.69) is 30.5 Å². The quantitative estimate of drug-likeness (QED) is 0.718. The summed E-state index contributed by atoms with van der Waals surface area (Å²) in [6.07, 6.45) is 8.45. The van der Waals surface area contributed by atoms with Gasteiger partial charge < -0.3 is 0 Å². The maximum atomic E-state index is 11.9. The van der Waals surface area contributed by atoms with E-state index in [9.17, 15) is 4.79 Å². The van der Waals surface area contributed by atoms with Crippen LogP contribution < -0.4 is 0 Å². The summed E-state index contributed by atoms with van der Waals surface area (Å²) in [5, 5.41) is 0. The van der Waals surface area contributed by atoms with Gasteiger partial charge in [0, 0.05) is 10.8 Å². The molecule has 0 spiro atoms. The predicted octanol–water partition coefficient (Wildman–Crippen LogP) is 4.66. The summed E-state index contributed by atoms with van der Waals surface area (Å²) in [7, 11) is 0.